The lowest BCUT2D eigenvalue weighted by Crippen LogP contribution is -2.38. The lowest BCUT2D eigenvalue weighted by Gasteiger charge is -2.22. The van der Waals surface area contributed by atoms with Gasteiger partial charge >= 0.3 is 0 Å². The molecular formula is C12H16BrN3O4S. The molecule has 7 nitrogen and oxygen atoms in total. The summed E-state index contributed by atoms with van der Waals surface area (Å²) < 4.78 is 27.5. The van der Waals surface area contributed by atoms with E-state index < -0.39 is 20.6 Å². The number of halogens is 1. The van der Waals surface area contributed by atoms with E-state index in [1.807, 2.05) is 0 Å². The second kappa shape index (κ2) is 6.82. The van der Waals surface area contributed by atoms with Gasteiger partial charge in [0.25, 0.3) is 5.69 Å². The van der Waals surface area contributed by atoms with E-state index in [2.05, 4.69) is 26.0 Å². The van der Waals surface area contributed by atoms with Crippen molar-refractivity contribution in [2.24, 2.45) is 5.92 Å². The monoisotopic (exact) mass is 377 g/mol. The first-order valence-electron chi connectivity index (χ1n) is 6.54. The third kappa shape index (κ3) is 4.22. The molecule has 1 unspecified atom stereocenters. The minimum atomic E-state index is -3.91. The highest BCUT2D eigenvalue weighted by molar-refractivity contribution is 9.10. The van der Waals surface area contributed by atoms with Crippen molar-refractivity contribution in [1.29, 1.82) is 0 Å². The van der Waals surface area contributed by atoms with Gasteiger partial charge in [-0.15, -0.1) is 0 Å². The number of rotatable bonds is 5. The molecule has 0 aliphatic carbocycles. The molecule has 1 aliphatic heterocycles. The van der Waals surface area contributed by atoms with E-state index in [1.54, 1.807) is 0 Å². The highest BCUT2D eigenvalue weighted by Gasteiger charge is 2.27. The Morgan fingerprint density at radius 1 is 1.48 bits per heavy atom. The molecule has 0 saturated carbocycles. The van der Waals surface area contributed by atoms with Crippen molar-refractivity contribution >= 4 is 31.6 Å². The molecule has 1 atom stereocenters. The summed E-state index contributed by atoms with van der Waals surface area (Å²) >= 11 is 3.14. The van der Waals surface area contributed by atoms with Crippen LogP contribution in [0.1, 0.15) is 12.8 Å². The maximum atomic E-state index is 12.3. The molecule has 1 aromatic rings. The fourth-order valence-corrected chi connectivity index (χ4v) is 4.08. The van der Waals surface area contributed by atoms with Gasteiger partial charge in [0.15, 0.2) is 4.90 Å². The van der Waals surface area contributed by atoms with Crippen molar-refractivity contribution in [3.8, 4) is 0 Å². The Hall–Kier alpha value is -1.03. The summed E-state index contributed by atoms with van der Waals surface area (Å²) in [6, 6.07) is 3.88. The van der Waals surface area contributed by atoms with Crippen LogP contribution in [0.2, 0.25) is 0 Å². The smallest absolute Gasteiger partial charge is 0.289 e. The van der Waals surface area contributed by atoms with Gasteiger partial charge < -0.3 is 5.32 Å². The van der Waals surface area contributed by atoms with E-state index in [1.165, 1.54) is 18.2 Å². The van der Waals surface area contributed by atoms with Crippen LogP contribution in [-0.4, -0.2) is 33.0 Å². The summed E-state index contributed by atoms with van der Waals surface area (Å²) in [4.78, 5) is 9.97. The van der Waals surface area contributed by atoms with Crippen LogP contribution in [0.15, 0.2) is 27.6 Å². The van der Waals surface area contributed by atoms with Crippen LogP contribution >= 0.6 is 15.9 Å². The number of nitrogens with zero attached hydrogens (tertiary/aromatic N) is 1. The Morgan fingerprint density at radius 2 is 2.24 bits per heavy atom. The zero-order valence-electron chi connectivity index (χ0n) is 11.2. The Balaban J connectivity index is 2.18. The van der Waals surface area contributed by atoms with Crippen LogP contribution in [0.4, 0.5) is 5.69 Å². The maximum Gasteiger partial charge on any atom is 0.289 e. The summed E-state index contributed by atoms with van der Waals surface area (Å²) in [6.07, 6.45) is 1.94. The molecule has 1 aromatic carbocycles. The largest absolute Gasteiger partial charge is 0.316 e. The number of hydrogen-bond donors (Lipinski definition) is 2. The number of nitro groups is 1. The molecule has 1 saturated heterocycles. The van der Waals surface area contributed by atoms with Crippen LogP contribution in [-0.2, 0) is 10.0 Å². The fraction of sp³-hybridized carbons (Fsp3) is 0.500. The molecular weight excluding hydrogens is 362 g/mol. The predicted molar refractivity (Wildman–Crippen MR) is 81.6 cm³/mol. The minimum Gasteiger partial charge on any atom is -0.316 e. The third-order valence-electron chi connectivity index (χ3n) is 3.37. The van der Waals surface area contributed by atoms with Gasteiger partial charge in [0.2, 0.25) is 10.0 Å². The standard InChI is InChI=1S/C12H16BrN3O4S/c13-10-3-4-11(16(17)18)12(6-10)21(19,20)15-8-9-2-1-5-14-7-9/h3-4,6,9,14-15H,1-2,5,7-8H2. The molecule has 0 amide bonds. The molecule has 0 bridgehead atoms. The summed E-state index contributed by atoms with van der Waals surface area (Å²) in [5.41, 5.74) is -0.424. The summed E-state index contributed by atoms with van der Waals surface area (Å²) in [5, 5.41) is 14.2. The summed E-state index contributed by atoms with van der Waals surface area (Å²) in [7, 11) is -3.91. The number of nitro benzene ring substituents is 1. The Morgan fingerprint density at radius 3 is 2.86 bits per heavy atom. The highest BCUT2D eigenvalue weighted by Crippen LogP contribution is 2.27. The van der Waals surface area contributed by atoms with Crippen LogP contribution < -0.4 is 10.0 Å². The molecule has 116 valence electrons. The number of piperidine rings is 1. The Labute approximate surface area is 131 Å². The van der Waals surface area contributed by atoms with E-state index in [9.17, 15) is 18.5 Å². The van der Waals surface area contributed by atoms with Crippen LogP contribution in [0.3, 0.4) is 0 Å². The van der Waals surface area contributed by atoms with Crippen molar-refractivity contribution in [3.63, 3.8) is 0 Å². The van der Waals surface area contributed by atoms with Gasteiger partial charge in [-0.2, -0.15) is 0 Å². The van der Waals surface area contributed by atoms with Crippen LogP contribution in [0, 0.1) is 16.0 Å². The Kier molecular flexibility index (Phi) is 5.31. The van der Waals surface area contributed by atoms with E-state index in [0.29, 0.717) is 4.47 Å². The van der Waals surface area contributed by atoms with Crippen molar-refractivity contribution in [2.45, 2.75) is 17.7 Å². The second-order valence-electron chi connectivity index (χ2n) is 4.93. The molecule has 1 heterocycles. The Bertz CT molecular complexity index is 629. The molecule has 2 rings (SSSR count). The molecule has 0 aromatic heterocycles. The molecule has 0 radical (unpaired) electrons. The lowest BCUT2D eigenvalue weighted by molar-refractivity contribution is -0.387. The van der Waals surface area contributed by atoms with Gasteiger partial charge in [-0.3, -0.25) is 10.1 Å². The average Bonchev–Trinajstić information content (AvgIpc) is 2.46. The van der Waals surface area contributed by atoms with Crippen molar-refractivity contribution in [2.75, 3.05) is 19.6 Å². The zero-order valence-corrected chi connectivity index (χ0v) is 13.6. The predicted octanol–water partition coefficient (Wildman–Crippen LogP) is 1.64. The van der Waals surface area contributed by atoms with Gasteiger partial charge in [-0.25, -0.2) is 13.1 Å². The molecule has 9 heteroatoms. The SMILES string of the molecule is O=[N+]([O-])c1ccc(Br)cc1S(=O)(=O)NCC1CCCNC1. The first-order valence-corrected chi connectivity index (χ1v) is 8.82. The zero-order chi connectivity index (χ0) is 15.5. The van der Waals surface area contributed by atoms with Gasteiger partial charge in [-0.1, -0.05) is 15.9 Å². The molecule has 21 heavy (non-hydrogen) atoms. The number of hydrogen-bond acceptors (Lipinski definition) is 5. The number of nitrogens with one attached hydrogen (secondary N) is 2. The van der Waals surface area contributed by atoms with E-state index in [4.69, 9.17) is 0 Å². The number of sulfonamides is 1. The minimum absolute atomic E-state index is 0.208. The molecule has 0 spiro atoms. The average molecular weight is 378 g/mol. The topological polar surface area (TPSA) is 101 Å². The van der Waals surface area contributed by atoms with Gasteiger partial charge in [-0.05, 0) is 44.0 Å². The first-order chi connectivity index (χ1) is 9.90. The molecule has 1 fully saturated rings. The fourth-order valence-electron chi connectivity index (χ4n) is 2.26. The van der Waals surface area contributed by atoms with E-state index in [-0.39, 0.29) is 17.4 Å². The summed E-state index contributed by atoms with van der Waals surface area (Å²) in [5.74, 6) is 0.208. The normalized spacial score (nSPS) is 19.4. The molecule has 2 N–H and O–H groups in total. The first kappa shape index (κ1) is 16.3. The van der Waals surface area contributed by atoms with Crippen LogP contribution in [0.25, 0.3) is 0 Å². The van der Waals surface area contributed by atoms with Gasteiger partial charge in [0.05, 0.1) is 4.92 Å². The van der Waals surface area contributed by atoms with Gasteiger partial charge in [0.1, 0.15) is 0 Å². The second-order valence-corrected chi connectivity index (χ2v) is 7.58. The lowest BCUT2D eigenvalue weighted by atomic mass is 10.0. The third-order valence-corrected chi connectivity index (χ3v) is 5.32. The van der Waals surface area contributed by atoms with Crippen LogP contribution in [0.5, 0.6) is 0 Å². The van der Waals surface area contributed by atoms with Crippen molar-refractivity contribution in [3.05, 3.63) is 32.8 Å². The summed E-state index contributed by atoms with van der Waals surface area (Å²) in [6.45, 7) is 1.97. The van der Waals surface area contributed by atoms with Crippen molar-refractivity contribution < 1.29 is 13.3 Å². The number of benzene rings is 1. The quantitative estimate of drug-likeness (QED) is 0.599. The maximum absolute atomic E-state index is 12.3. The molecule has 1 aliphatic rings. The van der Waals surface area contributed by atoms with E-state index >= 15 is 0 Å². The highest BCUT2D eigenvalue weighted by atomic mass is 79.9. The van der Waals surface area contributed by atoms with Gasteiger partial charge in [0, 0.05) is 17.1 Å². The van der Waals surface area contributed by atoms with E-state index in [0.717, 1.165) is 25.9 Å². The van der Waals surface area contributed by atoms with Crippen molar-refractivity contribution in [1.82, 2.24) is 10.0 Å².